The van der Waals surface area contributed by atoms with E-state index in [1.54, 1.807) is 0 Å². The van der Waals surface area contributed by atoms with Gasteiger partial charge in [0.05, 0.1) is 25.3 Å². The SMILES string of the molecule is CN(C)C(c1ccccc1Br)C1COCCN1. The van der Waals surface area contributed by atoms with E-state index < -0.39 is 0 Å². The molecule has 94 valence electrons. The van der Waals surface area contributed by atoms with Crippen LogP contribution in [0.1, 0.15) is 11.6 Å². The highest BCUT2D eigenvalue weighted by atomic mass is 79.9. The van der Waals surface area contributed by atoms with Crippen molar-refractivity contribution in [1.29, 1.82) is 0 Å². The average Bonchev–Trinajstić information content (AvgIpc) is 2.33. The van der Waals surface area contributed by atoms with Gasteiger partial charge in [0.1, 0.15) is 0 Å². The molecule has 0 aromatic heterocycles. The third-order valence-corrected chi connectivity index (χ3v) is 3.83. The van der Waals surface area contributed by atoms with Gasteiger partial charge in [0.15, 0.2) is 0 Å². The normalized spacial score (nSPS) is 22.7. The minimum Gasteiger partial charge on any atom is -0.378 e. The third kappa shape index (κ3) is 3.07. The molecule has 0 bridgehead atoms. The number of hydrogen-bond donors (Lipinski definition) is 1. The van der Waals surface area contributed by atoms with Crippen molar-refractivity contribution in [3.8, 4) is 0 Å². The molecule has 1 N–H and O–H groups in total. The molecule has 1 fully saturated rings. The number of likely N-dealkylation sites (N-methyl/N-ethyl adjacent to an activating group) is 1. The van der Waals surface area contributed by atoms with Crippen LogP contribution in [0.3, 0.4) is 0 Å². The van der Waals surface area contributed by atoms with Crippen LogP contribution in [0.4, 0.5) is 0 Å². The lowest BCUT2D eigenvalue weighted by molar-refractivity contribution is 0.0458. The Morgan fingerprint density at radius 3 is 2.76 bits per heavy atom. The Morgan fingerprint density at radius 1 is 1.41 bits per heavy atom. The minimum absolute atomic E-state index is 0.325. The lowest BCUT2D eigenvalue weighted by atomic mass is 9.98. The van der Waals surface area contributed by atoms with Crippen molar-refractivity contribution >= 4 is 15.9 Å². The van der Waals surface area contributed by atoms with Crippen LogP contribution in [0.25, 0.3) is 0 Å². The monoisotopic (exact) mass is 298 g/mol. The first-order valence-corrected chi connectivity index (χ1v) is 6.71. The first-order chi connectivity index (χ1) is 8.20. The van der Waals surface area contributed by atoms with Crippen LogP contribution < -0.4 is 5.32 Å². The molecule has 0 spiro atoms. The molecule has 2 unspecified atom stereocenters. The number of nitrogens with zero attached hydrogens (tertiary/aromatic N) is 1. The van der Waals surface area contributed by atoms with Crippen molar-refractivity contribution in [2.24, 2.45) is 0 Å². The molecule has 0 radical (unpaired) electrons. The fourth-order valence-corrected chi connectivity index (χ4v) is 2.88. The third-order valence-electron chi connectivity index (χ3n) is 3.11. The average molecular weight is 299 g/mol. The van der Waals surface area contributed by atoms with Crippen LogP contribution in [-0.4, -0.2) is 44.8 Å². The zero-order valence-electron chi connectivity index (χ0n) is 10.3. The van der Waals surface area contributed by atoms with Gasteiger partial charge in [-0.05, 0) is 25.7 Å². The fourth-order valence-electron chi connectivity index (χ4n) is 2.36. The number of morpholine rings is 1. The Labute approximate surface area is 111 Å². The van der Waals surface area contributed by atoms with Crippen LogP contribution in [-0.2, 0) is 4.74 Å². The predicted octanol–water partition coefficient (Wildman–Crippen LogP) is 2.04. The number of ether oxygens (including phenoxy) is 1. The Balaban J connectivity index is 2.25. The molecule has 1 heterocycles. The fraction of sp³-hybridized carbons (Fsp3) is 0.538. The van der Waals surface area contributed by atoms with Crippen molar-refractivity contribution in [2.45, 2.75) is 12.1 Å². The molecule has 2 atom stereocenters. The van der Waals surface area contributed by atoms with Crippen LogP contribution in [0, 0.1) is 0 Å². The molecule has 4 heteroatoms. The molecular formula is C13H19BrN2O. The van der Waals surface area contributed by atoms with Gasteiger partial charge in [-0.15, -0.1) is 0 Å². The lowest BCUT2D eigenvalue weighted by Gasteiger charge is -2.36. The minimum atomic E-state index is 0.325. The van der Waals surface area contributed by atoms with E-state index in [4.69, 9.17) is 4.74 Å². The van der Waals surface area contributed by atoms with Gasteiger partial charge in [0.25, 0.3) is 0 Å². The first kappa shape index (κ1) is 13.0. The molecule has 1 aromatic rings. The Hall–Kier alpha value is -0.420. The summed E-state index contributed by atoms with van der Waals surface area (Å²) in [7, 11) is 4.22. The number of rotatable bonds is 3. The lowest BCUT2D eigenvalue weighted by Crippen LogP contribution is -2.49. The smallest absolute Gasteiger partial charge is 0.0639 e. The number of nitrogens with one attached hydrogen (secondary N) is 1. The molecule has 1 aliphatic rings. The maximum Gasteiger partial charge on any atom is 0.0639 e. The topological polar surface area (TPSA) is 24.5 Å². The van der Waals surface area contributed by atoms with Crippen molar-refractivity contribution in [3.63, 3.8) is 0 Å². The van der Waals surface area contributed by atoms with Gasteiger partial charge in [0, 0.05) is 11.0 Å². The second-order valence-electron chi connectivity index (χ2n) is 4.57. The van der Waals surface area contributed by atoms with E-state index in [1.165, 1.54) is 5.56 Å². The van der Waals surface area contributed by atoms with Gasteiger partial charge < -0.3 is 15.0 Å². The zero-order chi connectivity index (χ0) is 12.3. The molecular weight excluding hydrogens is 280 g/mol. The van der Waals surface area contributed by atoms with Crippen LogP contribution >= 0.6 is 15.9 Å². The van der Waals surface area contributed by atoms with Crippen molar-refractivity contribution in [3.05, 3.63) is 34.3 Å². The van der Waals surface area contributed by atoms with Gasteiger partial charge in [-0.25, -0.2) is 0 Å². The zero-order valence-corrected chi connectivity index (χ0v) is 11.9. The van der Waals surface area contributed by atoms with E-state index in [-0.39, 0.29) is 0 Å². The van der Waals surface area contributed by atoms with Gasteiger partial charge in [-0.1, -0.05) is 34.1 Å². The summed E-state index contributed by atoms with van der Waals surface area (Å²) < 4.78 is 6.73. The molecule has 0 saturated carbocycles. The van der Waals surface area contributed by atoms with Crippen molar-refractivity contribution in [1.82, 2.24) is 10.2 Å². The Kier molecular flexibility index (Phi) is 4.56. The molecule has 3 nitrogen and oxygen atoms in total. The number of hydrogen-bond acceptors (Lipinski definition) is 3. The summed E-state index contributed by atoms with van der Waals surface area (Å²) >= 11 is 3.64. The summed E-state index contributed by atoms with van der Waals surface area (Å²) in [6, 6.07) is 9.06. The van der Waals surface area contributed by atoms with Gasteiger partial charge in [-0.3, -0.25) is 0 Å². The van der Waals surface area contributed by atoms with Crippen molar-refractivity contribution < 1.29 is 4.74 Å². The maximum absolute atomic E-state index is 5.57. The molecule has 2 rings (SSSR count). The van der Waals surface area contributed by atoms with Crippen LogP contribution in [0.5, 0.6) is 0 Å². The van der Waals surface area contributed by atoms with Crippen molar-refractivity contribution in [2.75, 3.05) is 33.9 Å². The van der Waals surface area contributed by atoms with E-state index in [2.05, 4.69) is 58.4 Å². The maximum atomic E-state index is 5.57. The highest BCUT2D eigenvalue weighted by molar-refractivity contribution is 9.10. The Morgan fingerprint density at radius 2 is 2.18 bits per heavy atom. The van der Waals surface area contributed by atoms with Crippen LogP contribution in [0.15, 0.2) is 28.7 Å². The van der Waals surface area contributed by atoms with E-state index in [0.717, 1.165) is 24.2 Å². The summed E-state index contributed by atoms with van der Waals surface area (Å²) in [6.45, 7) is 2.51. The summed E-state index contributed by atoms with van der Waals surface area (Å²) in [5, 5.41) is 3.54. The highest BCUT2D eigenvalue weighted by Gasteiger charge is 2.28. The number of halogens is 1. The second-order valence-corrected chi connectivity index (χ2v) is 5.42. The molecule has 1 saturated heterocycles. The molecule has 0 aliphatic carbocycles. The van der Waals surface area contributed by atoms with Crippen LogP contribution in [0.2, 0.25) is 0 Å². The highest BCUT2D eigenvalue weighted by Crippen LogP contribution is 2.29. The predicted molar refractivity (Wildman–Crippen MR) is 73.2 cm³/mol. The summed E-state index contributed by atoms with van der Waals surface area (Å²) in [5.74, 6) is 0. The number of benzene rings is 1. The molecule has 0 amide bonds. The standard InChI is InChI=1S/C13H19BrN2O/c1-16(2)13(12-9-17-8-7-15-12)10-5-3-4-6-11(10)14/h3-6,12-13,15H,7-9H2,1-2H3. The quantitative estimate of drug-likeness (QED) is 0.924. The molecule has 17 heavy (non-hydrogen) atoms. The molecule has 1 aliphatic heterocycles. The Bertz CT molecular complexity index is 364. The first-order valence-electron chi connectivity index (χ1n) is 5.92. The van der Waals surface area contributed by atoms with E-state index in [0.29, 0.717) is 12.1 Å². The molecule has 1 aromatic carbocycles. The summed E-state index contributed by atoms with van der Waals surface area (Å²) in [5.41, 5.74) is 1.31. The van der Waals surface area contributed by atoms with Gasteiger partial charge in [-0.2, -0.15) is 0 Å². The van der Waals surface area contributed by atoms with Gasteiger partial charge in [0.2, 0.25) is 0 Å². The van der Waals surface area contributed by atoms with E-state index in [9.17, 15) is 0 Å². The van der Waals surface area contributed by atoms with Gasteiger partial charge >= 0.3 is 0 Å². The summed E-state index contributed by atoms with van der Waals surface area (Å²) in [6.07, 6.45) is 0. The second kappa shape index (κ2) is 5.96. The van der Waals surface area contributed by atoms with E-state index in [1.807, 2.05) is 6.07 Å². The largest absolute Gasteiger partial charge is 0.378 e. The summed E-state index contributed by atoms with van der Waals surface area (Å²) in [4.78, 5) is 2.24. The van der Waals surface area contributed by atoms with E-state index >= 15 is 0 Å².